The fourth-order valence-electron chi connectivity index (χ4n) is 7.90. The minimum atomic E-state index is -1.32. The lowest BCUT2D eigenvalue weighted by molar-refractivity contribution is -0.150. The van der Waals surface area contributed by atoms with E-state index in [1.54, 1.807) is 14.7 Å². The second-order valence-electron chi connectivity index (χ2n) is 12.4. The number of carbonyl (C=O) groups is 3. The Kier molecular flexibility index (Phi) is 8.59. The maximum atomic E-state index is 14.7. The molecule has 9 nitrogen and oxygen atoms in total. The van der Waals surface area contributed by atoms with Crippen molar-refractivity contribution < 1.29 is 24.2 Å². The fraction of sp³-hybridized carbons (Fsp3) is 0.472. The molecule has 2 aromatic rings. The SMILES string of the molecule is CCN(CC)c1ccc(N2CC=C[C@]34O[C@]5(CC)C=CCN(Cc6ccccc6)C(=O)[C@@H]5[C@H]3C(=O)N(CCCO)C4C2=O)cc1. The van der Waals surface area contributed by atoms with Crippen molar-refractivity contribution in [3.63, 3.8) is 0 Å². The fourth-order valence-corrected chi connectivity index (χ4v) is 7.90. The van der Waals surface area contributed by atoms with Crippen molar-refractivity contribution in [1.82, 2.24) is 9.80 Å². The first-order valence-corrected chi connectivity index (χ1v) is 16.3. The highest BCUT2D eigenvalue weighted by Gasteiger charge is 2.75. The van der Waals surface area contributed by atoms with Crippen molar-refractivity contribution in [2.45, 2.75) is 57.4 Å². The van der Waals surface area contributed by atoms with Crippen LogP contribution in [-0.2, 0) is 25.7 Å². The molecule has 0 saturated carbocycles. The van der Waals surface area contributed by atoms with E-state index < -0.39 is 29.1 Å². The molecular weight excluding hydrogens is 568 g/mol. The van der Waals surface area contributed by atoms with Crippen LogP contribution >= 0.6 is 0 Å². The Labute approximate surface area is 265 Å². The van der Waals surface area contributed by atoms with E-state index in [0.717, 1.165) is 30.0 Å². The predicted octanol–water partition coefficient (Wildman–Crippen LogP) is 3.78. The van der Waals surface area contributed by atoms with Gasteiger partial charge >= 0.3 is 0 Å². The van der Waals surface area contributed by atoms with E-state index in [2.05, 4.69) is 18.7 Å². The molecule has 4 aliphatic rings. The minimum Gasteiger partial charge on any atom is -0.396 e. The maximum absolute atomic E-state index is 14.7. The number of amides is 3. The summed E-state index contributed by atoms with van der Waals surface area (Å²) in [6, 6.07) is 16.8. The molecule has 0 bridgehead atoms. The Bertz CT molecular complexity index is 1470. The maximum Gasteiger partial charge on any atom is 0.253 e. The number of benzene rings is 2. The van der Waals surface area contributed by atoms with Gasteiger partial charge in [-0.3, -0.25) is 14.4 Å². The van der Waals surface area contributed by atoms with Crippen LogP contribution in [0.4, 0.5) is 11.4 Å². The summed E-state index contributed by atoms with van der Waals surface area (Å²) in [6.07, 6.45) is 8.53. The molecule has 2 aromatic carbocycles. The van der Waals surface area contributed by atoms with Gasteiger partial charge in [0.2, 0.25) is 11.8 Å². The van der Waals surface area contributed by atoms with Crippen LogP contribution in [0.5, 0.6) is 0 Å². The highest BCUT2D eigenvalue weighted by molar-refractivity contribution is 6.06. The number of likely N-dealkylation sites (tertiary alicyclic amines) is 1. The second-order valence-corrected chi connectivity index (χ2v) is 12.4. The zero-order valence-electron chi connectivity index (χ0n) is 26.5. The standard InChI is InChI=1S/C36H44N4O5/c1-4-35-19-10-21-38(25-26-13-8-7-9-14-26)32(42)29(35)30-33(43)40(23-12-24-41)31-34(44)39(22-11-20-36(30,31)45-35)28-17-15-27(16-18-28)37(5-2)6-3/h7-11,13-20,29-31,41H,4-6,12,21-25H2,1-3H3/t29-,30-,31?,35+,36-/m0/s1. The van der Waals surface area contributed by atoms with Gasteiger partial charge in [0.1, 0.15) is 11.6 Å². The summed E-state index contributed by atoms with van der Waals surface area (Å²) in [7, 11) is 0. The molecule has 45 heavy (non-hydrogen) atoms. The van der Waals surface area contributed by atoms with E-state index in [-0.39, 0.29) is 30.9 Å². The molecule has 3 amide bonds. The third kappa shape index (κ3) is 5.06. The van der Waals surface area contributed by atoms with E-state index in [1.807, 2.05) is 85.8 Å². The van der Waals surface area contributed by atoms with Gasteiger partial charge in [0, 0.05) is 57.3 Å². The molecule has 238 valence electrons. The van der Waals surface area contributed by atoms with E-state index in [4.69, 9.17) is 4.74 Å². The zero-order chi connectivity index (χ0) is 31.8. The number of nitrogens with zero attached hydrogens (tertiary/aromatic N) is 4. The van der Waals surface area contributed by atoms with E-state index >= 15 is 0 Å². The molecule has 2 fully saturated rings. The molecule has 1 N–H and O–H groups in total. The monoisotopic (exact) mass is 612 g/mol. The van der Waals surface area contributed by atoms with Gasteiger partial charge in [0.25, 0.3) is 5.91 Å². The number of aliphatic hydroxyl groups excluding tert-OH is 1. The third-order valence-electron chi connectivity index (χ3n) is 10.1. The molecular formula is C36H44N4O5. The predicted molar refractivity (Wildman–Crippen MR) is 174 cm³/mol. The molecule has 9 heteroatoms. The summed E-state index contributed by atoms with van der Waals surface area (Å²) in [5, 5.41) is 9.74. The quantitative estimate of drug-likeness (QED) is 0.411. The van der Waals surface area contributed by atoms with Gasteiger partial charge in [-0.2, -0.15) is 0 Å². The summed E-state index contributed by atoms with van der Waals surface area (Å²) in [4.78, 5) is 51.1. The van der Waals surface area contributed by atoms with Gasteiger partial charge < -0.3 is 29.4 Å². The average molecular weight is 613 g/mol. The Morgan fingerprint density at radius 1 is 0.867 bits per heavy atom. The first kappa shape index (κ1) is 31.0. The Hall–Kier alpha value is -3.95. The van der Waals surface area contributed by atoms with Crippen LogP contribution in [0.1, 0.15) is 39.2 Å². The first-order chi connectivity index (χ1) is 21.8. The second kappa shape index (κ2) is 12.4. The Morgan fingerprint density at radius 3 is 2.24 bits per heavy atom. The number of carbonyl (C=O) groups excluding carboxylic acids is 3. The van der Waals surface area contributed by atoms with Crippen LogP contribution in [0.2, 0.25) is 0 Å². The lowest BCUT2D eigenvalue weighted by atomic mass is 9.73. The van der Waals surface area contributed by atoms with Crippen molar-refractivity contribution >= 4 is 29.1 Å². The molecule has 1 spiro atoms. The number of aliphatic hydroxyl groups is 1. The average Bonchev–Trinajstić information content (AvgIpc) is 3.35. The number of rotatable bonds is 10. The number of hydrogen-bond donors (Lipinski definition) is 1. The summed E-state index contributed by atoms with van der Waals surface area (Å²) in [6.45, 7) is 9.16. The lowest BCUT2D eigenvalue weighted by Gasteiger charge is -2.38. The van der Waals surface area contributed by atoms with Crippen molar-refractivity contribution in [3.05, 3.63) is 84.5 Å². The smallest absolute Gasteiger partial charge is 0.253 e. The van der Waals surface area contributed by atoms with E-state index in [0.29, 0.717) is 32.5 Å². The van der Waals surface area contributed by atoms with Crippen molar-refractivity contribution in [2.75, 3.05) is 49.1 Å². The number of fused-ring (bicyclic) bond motifs is 2. The summed E-state index contributed by atoms with van der Waals surface area (Å²) in [5.74, 6) is -2.33. The first-order valence-electron chi connectivity index (χ1n) is 16.3. The Balaban J connectivity index is 1.40. The van der Waals surface area contributed by atoms with Gasteiger partial charge in [-0.25, -0.2) is 0 Å². The van der Waals surface area contributed by atoms with Crippen LogP contribution in [0.3, 0.4) is 0 Å². The summed E-state index contributed by atoms with van der Waals surface area (Å²) >= 11 is 0. The molecule has 6 rings (SSSR count). The highest BCUT2D eigenvalue weighted by Crippen LogP contribution is 2.58. The number of hydrogen-bond acceptors (Lipinski definition) is 6. The molecule has 0 radical (unpaired) electrons. The van der Waals surface area contributed by atoms with Gasteiger partial charge in [-0.05, 0) is 56.5 Å². The highest BCUT2D eigenvalue weighted by atomic mass is 16.5. The lowest BCUT2D eigenvalue weighted by Crippen LogP contribution is -2.56. The van der Waals surface area contributed by atoms with Crippen molar-refractivity contribution in [2.24, 2.45) is 11.8 Å². The number of ether oxygens (including phenoxy) is 1. The van der Waals surface area contributed by atoms with Crippen molar-refractivity contribution in [1.29, 1.82) is 0 Å². The Morgan fingerprint density at radius 2 is 1.58 bits per heavy atom. The normalized spacial score (nSPS) is 29.0. The van der Waals surface area contributed by atoms with E-state index in [9.17, 15) is 19.5 Å². The topological polar surface area (TPSA) is 93.6 Å². The van der Waals surface area contributed by atoms with Crippen LogP contribution in [-0.4, -0.2) is 89.2 Å². The molecule has 4 heterocycles. The molecule has 0 aliphatic carbocycles. The van der Waals surface area contributed by atoms with Gasteiger partial charge in [-0.1, -0.05) is 61.6 Å². The van der Waals surface area contributed by atoms with Gasteiger partial charge in [0.05, 0.1) is 17.4 Å². The third-order valence-corrected chi connectivity index (χ3v) is 10.1. The summed E-state index contributed by atoms with van der Waals surface area (Å²) < 4.78 is 7.06. The van der Waals surface area contributed by atoms with Crippen LogP contribution in [0, 0.1) is 11.8 Å². The summed E-state index contributed by atoms with van der Waals surface area (Å²) in [5.41, 5.74) is 0.459. The molecule has 4 aliphatic heterocycles. The van der Waals surface area contributed by atoms with Crippen LogP contribution in [0.25, 0.3) is 0 Å². The number of anilines is 2. The zero-order valence-corrected chi connectivity index (χ0v) is 26.5. The largest absolute Gasteiger partial charge is 0.396 e. The van der Waals surface area contributed by atoms with Crippen LogP contribution < -0.4 is 9.80 Å². The van der Waals surface area contributed by atoms with E-state index in [1.165, 1.54) is 0 Å². The molecule has 1 unspecified atom stereocenters. The van der Waals surface area contributed by atoms with Crippen molar-refractivity contribution in [3.8, 4) is 0 Å². The van der Waals surface area contributed by atoms with Crippen LogP contribution in [0.15, 0.2) is 78.9 Å². The molecule has 2 saturated heterocycles. The minimum absolute atomic E-state index is 0.121. The molecule has 5 atom stereocenters. The van der Waals surface area contributed by atoms with Gasteiger partial charge in [-0.15, -0.1) is 0 Å². The van der Waals surface area contributed by atoms with Gasteiger partial charge in [0.15, 0.2) is 0 Å². The molecule has 0 aromatic heterocycles.